The molecule has 1 atom stereocenters. The molecular weight excluding hydrogens is 228 g/mol. The zero-order valence-electron chi connectivity index (χ0n) is 10.7. The van der Waals surface area contributed by atoms with Crippen LogP contribution in [0.5, 0.6) is 0 Å². The molecule has 1 aromatic carbocycles. The van der Waals surface area contributed by atoms with Crippen molar-refractivity contribution >= 4 is 11.9 Å². The molecule has 3 N–H and O–H groups in total. The Labute approximate surface area is 107 Å². The number of hydrogen-bond acceptors (Lipinski definition) is 4. The summed E-state index contributed by atoms with van der Waals surface area (Å²) in [6.45, 7) is 3.61. The lowest BCUT2D eigenvalue weighted by Gasteiger charge is -2.09. The van der Waals surface area contributed by atoms with Gasteiger partial charge in [-0.15, -0.1) is 0 Å². The average molecular weight is 246 g/mol. The predicted octanol–water partition coefficient (Wildman–Crippen LogP) is 0.484. The number of amides is 1. The Morgan fingerprint density at radius 1 is 1.44 bits per heavy atom. The molecule has 5 nitrogen and oxygen atoms in total. The second kappa shape index (κ2) is 5.53. The van der Waals surface area contributed by atoms with Crippen LogP contribution in [0.1, 0.15) is 22.8 Å². The van der Waals surface area contributed by atoms with E-state index in [2.05, 4.69) is 27.9 Å². The van der Waals surface area contributed by atoms with E-state index >= 15 is 0 Å². The monoisotopic (exact) mass is 246 g/mol. The maximum absolute atomic E-state index is 11.4. The van der Waals surface area contributed by atoms with Crippen molar-refractivity contribution < 1.29 is 4.79 Å². The first-order chi connectivity index (χ1) is 8.69. The van der Waals surface area contributed by atoms with Gasteiger partial charge >= 0.3 is 0 Å². The lowest BCUT2D eigenvalue weighted by molar-refractivity contribution is 0.0963. The minimum atomic E-state index is -0.0647. The van der Waals surface area contributed by atoms with Crippen molar-refractivity contribution in [1.29, 1.82) is 0 Å². The number of nitrogens with one attached hydrogen (secondary N) is 3. The minimum absolute atomic E-state index is 0.0647. The van der Waals surface area contributed by atoms with Crippen LogP contribution in [0.4, 0.5) is 0 Å². The van der Waals surface area contributed by atoms with Crippen molar-refractivity contribution in [2.75, 3.05) is 13.6 Å². The van der Waals surface area contributed by atoms with Crippen molar-refractivity contribution in [1.82, 2.24) is 16.0 Å². The van der Waals surface area contributed by atoms with Gasteiger partial charge in [0.25, 0.3) is 5.91 Å². The molecule has 1 unspecified atom stereocenters. The molecule has 96 valence electrons. The molecule has 0 spiro atoms. The maximum Gasteiger partial charge on any atom is 0.251 e. The molecule has 1 aliphatic rings. The fourth-order valence-corrected chi connectivity index (χ4v) is 1.76. The number of nitrogens with zero attached hydrogens (tertiary/aromatic N) is 1. The Bertz CT molecular complexity index is 453. The lowest BCUT2D eigenvalue weighted by atomic mass is 10.1. The summed E-state index contributed by atoms with van der Waals surface area (Å²) in [6, 6.07) is 7.93. The quantitative estimate of drug-likeness (QED) is 0.727. The molecule has 1 aliphatic heterocycles. The smallest absolute Gasteiger partial charge is 0.251 e. The van der Waals surface area contributed by atoms with Crippen molar-refractivity contribution in [3.8, 4) is 0 Å². The minimum Gasteiger partial charge on any atom is -0.355 e. The number of rotatable bonds is 3. The molecule has 5 heteroatoms. The van der Waals surface area contributed by atoms with Gasteiger partial charge < -0.3 is 16.0 Å². The molecule has 2 rings (SSSR count). The predicted molar refractivity (Wildman–Crippen MR) is 71.6 cm³/mol. The highest BCUT2D eigenvalue weighted by atomic mass is 16.1. The molecule has 0 saturated carbocycles. The second-order valence-corrected chi connectivity index (χ2v) is 4.36. The summed E-state index contributed by atoms with van der Waals surface area (Å²) < 4.78 is 0. The number of carbonyl (C=O) groups is 1. The van der Waals surface area contributed by atoms with E-state index in [0.29, 0.717) is 18.2 Å². The largest absolute Gasteiger partial charge is 0.355 e. The second-order valence-electron chi connectivity index (χ2n) is 4.36. The van der Waals surface area contributed by atoms with Crippen LogP contribution in [-0.2, 0) is 6.54 Å². The Kier molecular flexibility index (Phi) is 3.82. The summed E-state index contributed by atoms with van der Waals surface area (Å²) in [5.74, 6) is 0.781. The van der Waals surface area contributed by atoms with Crippen molar-refractivity contribution in [2.24, 2.45) is 4.99 Å². The zero-order valence-corrected chi connectivity index (χ0v) is 10.7. The number of benzene rings is 1. The zero-order chi connectivity index (χ0) is 13.0. The summed E-state index contributed by atoms with van der Waals surface area (Å²) in [4.78, 5) is 15.7. The van der Waals surface area contributed by atoms with Gasteiger partial charge in [-0.1, -0.05) is 12.1 Å². The summed E-state index contributed by atoms with van der Waals surface area (Å²) >= 11 is 0. The molecule has 0 bridgehead atoms. The standard InChI is InChI=1S/C13H18N4O/c1-9-7-15-13(17-9)16-8-10-3-5-11(6-4-10)12(18)14-2/h3-6,9H,7-8H2,1-2H3,(H,14,18)(H2,15,16,17). The van der Waals surface area contributed by atoms with Gasteiger partial charge in [-0.2, -0.15) is 0 Å². The van der Waals surface area contributed by atoms with Gasteiger partial charge in [0, 0.05) is 25.2 Å². The Morgan fingerprint density at radius 3 is 2.72 bits per heavy atom. The van der Waals surface area contributed by atoms with Crippen molar-refractivity contribution in [2.45, 2.75) is 19.5 Å². The van der Waals surface area contributed by atoms with Crippen molar-refractivity contribution in [3.63, 3.8) is 0 Å². The summed E-state index contributed by atoms with van der Waals surface area (Å²) in [7, 11) is 1.63. The first-order valence-corrected chi connectivity index (χ1v) is 6.05. The van der Waals surface area contributed by atoms with Crippen LogP contribution in [0.15, 0.2) is 29.3 Å². The lowest BCUT2D eigenvalue weighted by Crippen LogP contribution is -2.37. The van der Waals surface area contributed by atoms with Gasteiger partial charge in [0.2, 0.25) is 0 Å². The Morgan fingerprint density at radius 2 is 2.17 bits per heavy atom. The van der Waals surface area contributed by atoms with E-state index in [1.165, 1.54) is 0 Å². The third-order valence-corrected chi connectivity index (χ3v) is 2.81. The van der Waals surface area contributed by atoms with Crippen LogP contribution in [0.25, 0.3) is 0 Å². The molecule has 0 radical (unpaired) electrons. The normalized spacial score (nSPS) is 17.9. The van der Waals surface area contributed by atoms with E-state index in [1.54, 1.807) is 7.05 Å². The molecule has 0 aromatic heterocycles. The molecular formula is C13H18N4O. The van der Waals surface area contributed by atoms with Crippen molar-refractivity contribution in [3.05, 3.63) is 35.4 Å². The van der Waals surface area contributed by atoms with Crippen LogP contribution >= 0.6 is 0 Å². The van der Waals surface area contributed by atoms with Crippen LogP contribution in [0.2, 0.25) is 0 Å². The summed E-state index contributed by atoms with van der Waals surface area (Å²) in [5, 5.41) is 9.07. The molecule has 0 saturated heterocycles. The average Bonchev–Trinajstić information content (AvgIpc) is 2.82. The molecule has 1 amide bonds. The van der Waals surface area contributed by atoms with E-state index in [0.717, 1.165) is 18.1 Å². The van der Waals surface area contributed by atoms with E-state index in [9.17, 15) is 4.79 Å². The van der Waals surface area contributed by atoms with Gasteiger partial charge in [-0.25, -0.2) is 0 Å². The number of hydrogen-bond donors (Lipinski definition) is 3. The Balaban J connectivity index is 1.89. The fourth-order valence-electron chi connectivity index (χ4n) is 1.76. The summed E-state index contributed by atoms with van der Waals surface area (Å²) in [5.41, 5.74) is 1.79. The van der Waals surface area contributed by atoms with Crippen LogP contribution < -0.4 is 16.0 Å². The molecule has 1 aromatic rings. The first-order valence-electron chi connectivity index (χ1n) is 6.05. The number of aliphatic imine (C=N–C) groups is 1. The van der Waals surface area contributed by atoms with Gasteiger partial charge in [0.15, 0.2) is 5.96 Å². The van der Waals surface area contributed by atoms with Gasteiger partial charge in [-0.3, -0.25) is 9.79 Å². The third-order valence-electron chi connectivity index (χ3n) is 2.81. The molecule has 0 aliphatic carbocycles. The van der Waals surface area contributed by atoms with E-state index in [1.807, 2.05) is 24.3 Å². The topological polar surface area (TPSA) is 65.5 Å². The third kappa shape index (κ3) is 3.00. The molecule has 18 heavy (non-hydrogen) atoms. The SMILES string of the molecule is CNC(=O)c1ccc(CNC2=NCC(C)N2)cc1. The first kappa shape index (κ1) is 12.4. The number of carbonyl (C=O) groups excluding carboxylic acids is 1. The van der Waals surface area contributed by atoms with Crippen LogP contribution in [0, 0.1) is 0 Å². The highest BCUT2D eigenvalue weighted by molar-refractivity contribution is 5.93. The van der Waals surface area contributed by atoms with Gasteiger partial charge in [0.05, 0.1) is 6.54 Å². The Hall–Kier alpha value is -2.04. The van der Waals surface area contributed by atoms with E-state index in [-0.39, 0.29) is 5.91 Å². The van der Waals surface area contributed by atoms with Gasteiger partial charge in [0.1, 0.15) is 0 Å². The van der Waals surface area contributed by atoms with Crippen LogP contribution in [0.3, 0.4) is 0 Å². The molecule has 0 fully saturated rings. The van der Waals surface area contributed by atoms with Gasteiger partial charge in [-0.05, 0) is 24.6 Å². The fraction of sp³-hybridized carbons (Fsp3) is 0.385. The van der Waals surface area contributed by atoms with Crippen LogP contribution in [-0.4, -0.2) is 31.5 Å². The molecule has 1 heterocycles. The van der Waals surface area contributed by atoms with E-state index in [4.69, 9.17) is 0 Å². The number of guanidine groups is 1. The highest BCUT2D eigenvalue weighted by Gasteiger charge is 2.11. The van der Waals surface area contributed by atoms with E-state index < -0.39 is 0 Å². The summed E-state index contributed by atoms with van der Waals surface area (Å²) in [6.07, 6.45) is 0. The highest BCUT2D eigenvalue weighted by Crippen LogP contribution is 2.04. The maximum atomic E-state index is 11.4.